The molecule has 150 valence electrons. The van der Waals surface area contributed by atoms with Crippen LogP contribution < -0.4 is 11.3 Å². The van der Waals surface area contributed by atoms with Crippen LogP contribution in [0.2, 0.25) is 0 Å². The van der Waals surface area contributed by atoms with E-state index in [9.17, 15) is 14.0 Å². The predicted octanol–water partition coefficient (Wildman–Crippen LogP) is 3.80. The number of nitrogens with zero attached hydrogens (tertiary/aromatic N) is 2. The number of primary amides is 1. The number of aryl methyl sites for hydroxylation is 1. The molecule has 1 saturated carbocycles. The highest BCUT2D eigenvalue weighted by Gasteiger charge is 2.27. The molecule has 3 heterocycles. The highest BCUT2D eigenvalue weighted by atomic mass is 19.1. The molecule has 3 aromatic heterocycles. The van der Waals surface area contributed by atoms with Crippen molar-refractivity contribution in [2.24, 2.45) is 5.73 Å². The molecule has 5 rings (SSSR count). The van der Waals surface area contributed by atoms with Crippen LogP contribution in [0.4, 0.5) is 4.39 Å². The number of benzene rings is 1. The second-order valence-corrected chi connectivity index (χ2v) is 7.72. The third-order valence-electron chi connectivity index (χ3n) is 5.56. The van der Waals surface area contributed by atoms with Gasteiger partial charge < -0.3 is 10.7 Å². The highest BCUT2D eigenvalue weighted by molar-refractivity contribution is 6.00. The number of nitrogens with two attached hydrogens (primary N) is 1. The van der Waals surface area contributed by atoms with Crippen LogP contribution in [-0.2, 0) is 0 Å². The summed E-state index contributed by atoms with van der Waals surface area (Å²) in [5.41, 5.74) is 8.86. The number of fused-ring (bicyclic) bond motifs is 1. The Labute approximate surface area is 171 Å². The molecular formula is C23H19FN4O2. The zero-order valence-electron chi connectivity index (χ0n) is 16.3. The smallest absolute Gasteiger partial charge is 0.280 e. The van der Waals surface area contributed by atoms with E-state index in [0.29, 0.717) is 28.4 Å². The number of pyridine rings is 2. The molecule has 0 radical (unpaired) electrons. The fourth-order valence-electron chi connectivity index (χ4n) is 3.86. The Kier molecular flexibility index (Phi) is 4.06. The Morgan fingerprint density at radius 1 is 1.23 bits per heavy atom. The predicted molar refractivity (Wildman–Crippen MR) is 112 cm³/mol. The van der Waals surface area contributed by atoms with Crippen molar-refractivity contribution < 1.29 is 9.18 Å². The molecule has 1 aliphatic rings. The molecule has 1 amide bonds. The number of aromatic nitrogens is 3. The van der Waals surface area contributed by atoms with Crippen LogP contribution in [0.1, 0.15) is 40.4 Å². The van der Waals surface area contributed by atoms with E-state index in [0.717, 1.165) is 35.6 Å². The highest BCUT2D eigenvalue weighted by Crippen LogP contribution is 2.41. The molecule has 0 aliphatic heterocycles. The molecule has 30 heavy (non-hydrogen) atoms. The topological polar surface area (TPSA) is 93.8 Å². The summed E-state index contributed by atoms with van der Waals surface area (Å²) in [6, 6.07) is 9.46. The summed E-state index contributed by atoms with van der Waals surface area (Å²) in [6.07, 6.45) is 5.54. The maximum atomic E-state index is 13.7. The van der Waals surface area contributed by atoms with Gasteiger partial charge in [0.05, 0.1) is 0 Å². The maximum Gasteiger partial charge on any atom is 0.280 e. The minimum absolute atomic E-state index is 0.0947. The summed E-state index contributed by atoms with van der Waals surface area (Å²) >= 11 is 0. The number of H-pyrrole nitrogens is 1. The number of carbonyl (C=O) groups is 1. The summed E-state index contributed by atoms with van der Waals surface area (Å²) in [6.45, 7) is 1.93. The van der Waals surface area contributed by atoms with Gasteiger partial charge in [0.25, 0.3) is 5.56 Å². The van der Waals surface area contributed by atoms with Gasteiger partial charge >= 0.3 is 0 Å². The van der Waals surface area contributed by atoms with Gasteiger partial charge in [-0.05, 0) is 66.8 Å². The zero-order valence-corrected chi connectivity index (χ0v) is 16.3. The Morgan fingerprint density at radius 3 is 2.77 bits per heavy atom. The van der Waals surface area contributed by atoms with E-state index in [4.69, 9.17) is 10.7 Å². The van der Waals surface area contributed by atoms with Crippen molar-refractivity contribution in [3.63, 3.8) is 0 Å². The fraction of sp³-hybridized carbons (Fsp3) is 0.174. The minimum atomic E-state index is -0.711. The van der Waals surface area contributed by atoms with Gasteiger partial charge in [0.15, 0.2) is 0 Å². The van der Waals surface area contributed by atoms with E-state index in [1.165, 1.54) is 16.7 Å². The number of hydrogen-bond donors (Lipinski definition) is 2. The molecule has 0 atom stereocenters. The van der Waals surface area contributed by atoms with E-state index >= 15 is 0 Å². The monoisotopic (exact) mass is 402 g/mol. The van der Waals surface area contributed by atoms with Crippen LogP contribution in [0.25, 0.3) is 27.8 Å². The molecule has 6 nitrogen and oxygen atoms in total. The van der Waals surface area contributed by atoms with Crippen molar-refractivity contribution in [2.45, 2.75) is 25.7 Å². The number of amides is 1. The first-order valence-electron chi connectivity index (χ1n) is 9.74. The molecule has 1 aliphatic carbocycles. The second kappa shape index (κ2) is 6.66. The van der Waals surface area contributed by atoms with E-state index in [-0.39, 0.29) is 11.1 Å². The van der Waals surface area contributed by atoms with Gasteiger partial charge in [0, 0.05) is 35.0 Å². The first-order chi connectivity index (χ1) is 14.4. The average molecular weight is 402 g/mol. The Morgan fingerprint density at radius 2 is 2.03 bits per heavy atom. The van der Waals surface area contributed by atoms with Gasteiger partial charge in [-0.15, -0.1) is 0 Å². The summed E-state index contributed by atoms with van der Waals surface area (Å²) in [5.74, 6) is -0.476. The van der Waals surface area contributed by atoms with Gasteiger partial charge in [0.2, 0.25) is 5.91 Å². The first-order valence-corrected chi connectivity index (χ1v) is 9.74. The lowest BCUT2D eigenvalue weighted by molar-refractivity contribution is 0.100. The molecule has 4 aromatic rings. The lowest BCUT2D eigenvalue weighted by Crippen LogP contribution is -2.20. The Balaban J connectivity index is 1.77. The summed E-state index contributed by atoms with van der Waals surface area (Å²) in [4.78, 5) is 32.7. The van der Waals surface area contributed by atoms with Gasteiger partial charge in [-0.2, -0.15) is 0 Å². The minimum Gasteiger partial charge on any atom is -0.366 e. The summed E-state index contributed by atoms with van der Waals surface area (Å²) in [5, 5.41) is 0.865. The van der Waals surface area contributed by atoms with Crippen molar-refractivity contribution in [3.05, 3.63) is 81.8 Å². The number of rotatable bonds is 4. The molecule has 1 aromatic carbocycles. The van der Waals surface area contributed by atoms with Crippen molar-refractivity contribution in [1.29, 1.82) is 0 Å². The van der Waals surface area contributed by atoms with Crippen LogP contribution in [0.5, 0.6) is 0 Å². The van der Waals surface area contributed by atoms with Gasteiger partial charge in [-0.25, -0.2) is 9.37 Å². The number of carbonyl (C=O) groups excluding carboxylic acids is 1. The normalized spacial score (nSPS) is 13.7. The molecule has 0 spiro atoms. The molecule has 0 saturated heterocycles. The molecular weight excluding hydrogens is 383 g/mol. The van der Waals surface area contributed by atoms with Gasteiger partial charge in [-0.3, -0.25) is 14.2 Å². The Bertz CT molecular complexity index is 1380. The number of halogens is 1. The van der Waals surface area contributed by atoms with Crippen LogP contribution in [-0.4, -0.2) is 20.4 Å². The largest absolute Gasteiger partial charge is 0.366 e. The van der Waals surface area contributed by atoms with Crippen LogP contribution >= 0.6 is 0 Å². The molecule has 1 fully saturated rings. The van der Waals surface area contributed by atoms with Crippen LogP contribution in [0.3, 0.4) is 0 Å². The third-order valence-corrected chi connectivity index (χ3v) is 5.56. The second-order valence-electron chi connectivity index (χ2n) is 7.72. The van der Waals surface area contributed by atoms with Crippen molar-refractivity contribution in [2.75, 3.05) is 0 Å². The first kappa shape index (κ1) is 18.3. The van der Waals surface area contributed by atoms with E-state index in [2.05, 4.69) is 4.98 Å². The van der Waals surface area contributed by atoms with Crippen molar-refractivity contribution in [1.82, 2.24) is 14.5 Å². The quantitative estimate of drug-likeness (QED) is 0.544. The van der Waals surface area contributed by atoms with Crippen molar-refractivity contribution >= 4 is 16.8 Å². The van der Waals surface area contributed by atoms with E-state index < -0.39 is 11.7 Å². The lowest BCUT2D eigenvalue weighted by Gasteiger charge is -2.13. The average Bonchev–Trinajstić information content (AvgIpc) is 3.46. The SMILES string of the molecule is Cc1cn(-c2cc(-c3ccc(F)cc3C(N)=O)cc(C3CC3)n2)c(=O)c2[nH]ccc12. The Hall–Kier alpha value is -3.74. The lowest BCUT2D eigenvalue weighted by atomic mass is 9.98. The van der Waals surface area contributed by atoms with Crippen molar-refractivity contribution in [3.8, 4) is 16.9 Å². The van der Waals surface area contributed by atoms with Gasteiger partial charge in [0.1, 0.15) is 17.2 Å². The molecule has 0 unspecified atom stereocenters. The van der Waals surface area contributed by atoms with E-state index in [1.807, 2.05) is 19.1 Å². The van der Waals surface area contributed by atoms with E-state index in [1.54, 1.807) is 18.5 Å². The maximum absolute atomic E-state index is 13.7. The van der Waals surface area contributed by atoms with Gasteiger partial charge in [-0.1, -0.05) is 6.07 Å². The molecule has 3 N–H and O–H groups in total. The molecule has 0 bridgehead atoms. The summed E-state index contributed by atoms with van der Waals surface area (Å²) in [7, 11) is 0. The zero-order chi connectivity index (χ0) is 21.0. The number of aromatic amines is 1. The van der Waals surface area contributed by atoms with Crippen LogP contribution in [0.15, 0.2) is 53.6 Å². The van der Waals surface area contributed by atoms with Crippen LogP contribution in [0, 0.1) is 12.7 Å². The third kappa shape index (κ3) is 2.99. The fourth-order valence-corrected chi connectivity index (χ4v) is 3.86. The number of nitrogens with one attached hydrogen (secondary N) is 1. The number of hydrogen-bond acceptors (Lipinski definition) is 3. The standard InChI is InChI=1S/C23H19FN4O2/c1-12-11-28(23(30)21-16(12)6-7-26-21)20-9-14(8-19(27-20)13-2-3-13)17-5-4-15(24)10-18(17)22(25)29/h4-11,13,26H,2-3H2,1H3,(H2,25,29). The molecule has 7 heteroatoms. The summed E-state index contributed by atoms with van der Waals surface area (Å²) < 4.78 is 15.2.